The second kappa shape index (κ2) is 5.55. The van der Waals surface area contributed by atoms with E-state index >= 15 is 0 Å². The number of nitrogens with one attached hydrogen (secondary N) is 1. The molecule has 0 atom stereocenters. The molecule has 2 aromatic rings. The maximum Gasteiger partial charge on any atom is 0.148 e. The van der Waals surface area contributed by atoms with Gasteiger partial charge in [0.25, 0.3) is 0 Å². The van der Waals surface area contributed by atoms with Gasteiger partial charge in [0.05, 0.1) is 5.69 Å². The summed E-state index contributed by atoms with van der Waals surface area (Å²) in [5.41, 5.74) is 5.48. The minimum absolute atomic E-state index is 0.352. The third-order valence-electron chi connectivity index (χ3n) is 3.12. The van der Waals surface area contributed by atoms with Crippen LogP contribution in [0.1, 0.15) is 22.6 Å². The van der Waals surface area contributed by atoms with Crippen LogP contribution in [-0.2, 0) is 17.9 Å². The fourth-order valence-corrected chi connectivity index (χ4v) is 3.41. The molecule has 4 nitrogen and oxygen atoms in total. The molecular weight excluding hydrogens is 299 g/mol. The summed E-state index contributed by atoms with van der Waals surface area (Å²) in [5, 5.41) is 0.380. The number of thioether (sulfide) groups is 1. The largest absolute Gasteiger partial charge is 0.308 e. The number of aromatic nitrogens is 2. The van der Waals surface area contributed by atoms with E-state index < -0.39 is 0 Å². The van der Waals surface area contributed by atoms with Gasteiger partial charge in [-0.2, -0.15) is 11.8 Å². The highest BCUT2D eigenvalue weighted by molar-refractivity contribution is 7.98. The number of benzene rings is 1. The average Bonchev–Trinajstić information content (AvgIpc) is 2.89. The molecular formula is C13H12ClFN4S. The van der Waals surface area contributed by atoms with Gasteiger partial charge in [0.15, 0.2) is 0 Å². The van der Waals surface area contributed by atoms with Crippen molar-refractivity contribution in [1.29, 1.82) is 0 Å². The molecule has 0 radical (unpaired) electrons. The van der Waals surface area contributed by atoms with Crippen LogP contribution in [0.2, 0.25) is 5.02 Å². The van der Waals surface area contributed by atoms with Crippen molar-refractivity contribution in [2.75, 3.05) is 5.43 Å². The summed E-state index contributed by atoms with van der Waals surface area (Å²) in [4.78, 5) is 8.95. The Balaban J connectivity index is 1.95. The van der Waals surface area contributed by atoms with E-state index in [1.807, 2.05) is 0 Å². The van der Waals surface area contributed by atoms with Gasteiger partial charge in [-0.15, -0.1) is 0 Å². The van der Waals surface area contributed by atoms with Crippen molar-refractivity contribution >= 4 is 29.2 Å². The molecule has 3 rings (SSSR count). The molecule has 1 aromatic heterocycles. The summed E-state index contributed by atoms with van der Waals surface area (Å²) in [6.07, 6.45) is 0.450. The molecule has 3 N–H and O–H groups in total. The molecule has 1 aromatic carbocycles. The molecule has 0 amide bonds. The van der Waals surface area contributed by atoms with Crippen LogP contribution >= 0.6 is 23.4 Å². The highest BCUT2D eigenvalue weighted by atomic mass is 35.5. The van der Waals surface area contributed by atoms with Gasteiger partial charge in [0, 0.05) is 28.5 Å². The van der Waals surface area contributed by atoms with E-state index in [1.54, 1.807) is 17.8 Å². The number of nitrogens with zero attached hydrogens (tertiary/aromatic N) is 2. The molecule has 0 aliphatic carbocycles. The minimum atomic E-state index is -0.352. The molecule has 0 unspecified atom stereocenters. The van der Waals surface area contributed by atoms with Crippen molar-refractivity contribution in [3.05, 3.63) is 51.7 Å². The Hall–Kier alpha value is -1.37. The van der Waals surface area contributed by atoms with E-state index in [4.69, 9.17) is 17.4 Å². The molecule has 0 saturated carbocycles. The van der Waals surface area contributed by atoms with Gasteiger partial charge in [0.2, 0.25) is 0 Å². The van der Waals surface area contributed by atoms with Crippen LogP contribution in [0.25, 0.3) is 0 Å². The molecule has 1 aliphatic heterocycles. The Morgan fingerprint density at radius 1 is 1.35 bits per heavy atom. The van der Waals surface area contributed by atoms with Crippen LogP contribution in [0, 0.1) is 5.82 Å². The molecule has 20 heavy (non-hydrogen) atoms. The van der Waals surface area contributed by atoms with Crippen LogP contribution < -0.4 is 11.3 Å². The summed E-state index contributed by atoms with van der Waals surface area (Å²) in [6.45, 7) is 0. The van der Waals surface area contributed by atoms with Gasteiger partial charge in [-0.3, -0.25) is 0 Å². The quantitative estimate of drug-likeness (QED) is 0.674. The highest BCUT2D eigenvalue weighted by Gasteiger charge is 2.19. The standard InChI is InChI=1S/C13H12ClFN4S/c14-10-4-8(15)2-1-7(10)3-12-17-11-6-20-5-9(11)13(18-12)19-16/h1-2,4H,3,5-6,16H2,(H,17,18,19). The number of hydrogen-bond donors (Lipinski definition) is 2. The SMILES string of the molecule is NNc1nc(Cc2ccc(F)cc2Cl)nc2c1CSC2. The van der Waals surface area contributed by atoms with Crippen LogP contribution in [0.15, 0.2) is 18.2 Å². The molecule has 0 bridgehead atoms. The third kappa shape index (κ3) is 2.59. The number of nitrogens with two attached hydrogens (primary N) is 1. The molecule has 7 heteroatoms. The van der Waals surface area contributed by atoms with E-state index in [0.29, 0.717) is 23.1 Å². The fourth-order valence-electron chi connectivity index (χ4n) is 2.14. The molecule has 0 fully saturated rings. The zero-order valence-corrected chi connectivity index (χ0v) is 12.1. The molecule has 0 saturated heterocycles. The van der Waals surface area contributed by atoms with Crippen molar-refractivity contribution in [3.8, 4) is 0 Å². The number of hydrogen-bond acceptors (Lipinski definition) is 5. The van der Waals surface area contributed by atoms with Crippen LogP contribution in [-0.4, -0.2) is 9.97 Å². The predicted molar refractivity (Wildman–Crippen MR) is 79.1 cm³/mol. The van der Waals surface area contributed by atoms with Gasteiger partial charge in [-0.1, -0.05) is 17.7 Å². The number of hydrazine groups is 1. The topological polar surface area (TPSA) is 63.8 Å². The van der Waals surface area contributed by atoms with Crippen LogP contribution in [0.5, 0.6) is 0 Å². The lowest BCUT2D eigenvalue weighted by Gasteiger charge is -2.09. The monoisotopic (exact) mass is 310 g/mol. The summed E-state index contributed by atoms with van der Waals surface area (Å²) in [5.74, 6) is 8.18. The lowest BCUT2D eigenvalue weighted by molar-refractivity contribution is 0.627. The summed E-state index contributed by atoms with van der Waals surface area (Å²) in [7, 11) is 0. The fraction of sp³-hybridized carbons (Fsp3) is 0.231. The number of fused-ring (bicyclic) bond motifs is 1. The Morgan fingerprint density at radius 2 is 2.20 bits per heavy atom. The Morgan fingerprint density at radius 3 is 2.95 bits per heavy atom. The van der Waals surface area contributed by atoms with E-state index in [-0.39, 0.29) is 5.82 Å². The van der Waals surface area contributed by atoms with Gasteiger partial charge in [-0.05, 0) is 17.7 Å². The lowest BCUT2D eigenvalue weighted by atomic mass is 10.1. The van der Waals surface area contributed by atoms with Crippen LogP contribution in [0.4, 0.5) is 10.2 Å². The zero-order valence-electron chi connectivity index (χ0n) is 10.5. The first-order chi connectivity index (χ1) is 9.67. The Bertz CT molecular complexity index is 665. The van der Waals surface area contributed by atoms with Crippen molar-refractivity contribution in [2.24, 2.45) is 5.84 Å². The zero-order chi connectivity index (χ0) is 14.1. The van der Waals surface area contributed by atoms with Crippen LogP contribution in [0.3, 0.4) is 0 Å². The molecule has 1 aliphatic rings. The maximum absolute atomic E-state index is 13.0. The maximum atomic E-state index is 13.0. The van der Waals surface area contributed by atoms with Crippen molar-refractivity contribution < 1.29 is 4.39 Å². The lowest BCUT2D eigenvalue weighted by Crippen LogP contribution is -2.14. The van der Waals surface area contributed by atoms with E-state index in [2.05, 4.69) is 15.4 Å². The molecule has 0 spiro atoms. The highest BCUT2D eigenvalue weighted by Crippen LogP contribution is 2.32. The molecule has 2 heterocycles. The van der Waals surface area contributed by atoms with Crippen molar-refractivity contribution in [2.45, 2.75) is 17.9 Å². The second-order valence-electron chi connectivity index (χ2n) is 4.46. The number of rotatable bonds is 3. The Labute approximate surface area is 124 Å². The molecule has 104 valence electrons. The van der Waals surface area contributed by atoms with Gasteiger partial charge >= 0.3 is 0 Å². The predicted octanol–water partition coefficient (Wildman–Crippen LogP) is 2.89. The van der Waals surface area contributed by atoms with Gasteiger partial charge in [-0.25, -0.2) is 20.2 Å². The first-order valence-corrected chi connectivity index (χ1v) is 7.57. The number of halogens is 2. The number of anilines is 1. The minimum Gasteiger partial charge on any atom is -0.308 e. The number of nitrogen functional groups attached to an aromatic ring is 1. The van der Waals surface area contributed by atoms with Gasteiger partial charge < -0.3 is 5.43 Å². The van der Waals surface area contributed by atoms with Crippen molar-refractivity contribution in [1.82, 2.24) is 9.97 Å². The summed E-state index contributed by atoms with van der Waals surface area (Å²) in [6, 6.07) is 4.33. The third-order valence-corrected chi connectivity index (χ3v) is 4.45. The van der Waals surface area contributed by atoms with E-state index in [1.165, 1.54) is 12.1 Å². The van der Waals surface area contributed by atoms with Gasteiger partial charge in [0.1, 0.15) is 17.5 Å². The average molecular weight is 311 g/mol. The van der Waals surface area contributed by atoms with E-state index in [9.17, 15) is 4.39 Å². The first kappa shape index (κ1) is 13.6. The van der Waals surface area contributed by atoms with E-state index in [0.717, 1.165) is 28.3 Å². The normalized spacial score (nSPS) is 13.3. The summed E-state index contributed by atoms with van der Waals surface area (Å²) >= 11 is 7.81. The summed E-state index contributed by atoms with van der Waals surface area (Å²) < 4.78 is 13.0. The van der Waals surface area contributed by atoms with Crippen molar-refractivity contribution in [3.63, 3.8) is 0 Å². The second-order valence-corrected chi connectivity index (χ2v) is 5.86. The Kier molecular flexibility index (Phi) is 3.78. The smallest absolute Gasteiger partial charge is 0.148 e. The first-order valence-electron chi connectivity index (χ1n) is 6.04.